The van der Waals surface area contributed by atoms with Gasteiger partial charge in [-0.1, -0.05) is 50.2 Å². The summed E-state index contributed by atoms with van der Waals surface area (Å²) in [6.07, 6.45) is 5.80. The number of hydrogen-bond acceptors (Lipinski definition) is 10. The number of para-hydroxylation sites is 2. The Morgan fingerprint density at radius 3 is 1.45 bits per heavy atom. The van der Waals surface area contributed by atoms with Gasteiger partial charge in [0.1, 0.15) is 5.54 Å². The third-order valence-electron chi connectivity index (χ3n) is 12.6. The molecule has 5 heterocycles. The Hall–Kier alpha value is -6.82. The summed E-state index contributed by atoms with van der Waals surface area (Å²) in [7, 11) is -5.74. The lowest BCUT2D eigenvalue weighted by molar-refractivity contribution is -0.123. The number of carbonyl (C=O) groups is 4. The number of urea groups is 1. The molecule has 3 saturated heterocycles. The molecule has 2 aromatic heterocycles. The van der Waals surface area contributed by atoms with Gasteiger partial charge in [-0.25, -0.2) is 18.1 Å². The fourth-order valence-electron chi connectivity index (χ4n) is 9.04. The second-order valence-electron chi connectivity index (χ2n) is 16.0. The Balaban J connectivity index is 1.15. The number of rotatable bonds is 10. The van der Waals surface area contributed by atoms with Crippen molar-refractivity contribution < 1.29 is 40.8 Å². The first-order chi connectivity index (χ1) is 30.6. The third kappa shape index (κ3) is 7.90. The highest BCUT2D eigenvalue weighted by atomic mass is 32.2. The van der Waals surface area contributed by atoms with Crippen LogP contribution in [0.3, 0.4) is 0 Å². The van der Waals surface area contributed by atoms with E-state index in [0.717, 1.165) is 28.4 Å². The van der Waals surface area contributed by atoms with Crippen LogP contribution in [0, 0.1) is 0 Å². The molecule has 3 fully saturated rings. The molecule has 3 aliphatic heterocycles. The van der Waals surface area contributed by atoms with Crippen LogP contribution in [0.15, 0.2) is 127 Å². The number of hydrogen-bond donors (Lipinski definition) is 1. The van der Waals surface area contributed by atoms with Crippen molar-refractivity contribution in [3.8, 4) is 0 Å². The molecule has 14 nitrogen and oxygen atoms in total. The molecule has 64 heavy (non-hydrogen) atoms. The monoisotopic (exact) mass is 894 g/mol. The number of anilines is 3. The van der Waals surface area contributed by atoms with Crippen LogP contribution in [0.5, 0.6) is 0 Å². The van der Waals surface area contributed by atoms with E-state index in [1.165, 1.54) is 24.8 Å². The lowest BCUT2D eigenvalue weighted by atomic mass is 9.68. The van der Waals surface area contributed by atoms with Gasteiger partial charge in [0.2, 0.25) is 0 Å². The molecule has 2 unspecified atom stereocenters. The van der Waals surface area contributed by atoms with Crippen LogP contribution in [-0.2, 0) is 14.6 Å². The van der Waals surface area contributed by atoms with Crippen molar-refractivity contribution in [3.63, 3.8) is 0 Å². The van der Waals surface area contributed by atoms with E-state index in [1.807, 2.05) is 60.7 Å². The predicted molar refractivity (Wildman–Crippen MR) is 233 cm³/mol. The molecule has 3 aliphatic rings. The minimum Gasteiger partial charge on any atom is -0.368 e. The average molecular weight is 895 g/mol. The molecule has 1 N–H and O–H groups in total. The van der Waals surface area contributed by atoms with E-state index in [2.05, 4.69) is 25.1 Å². The topological polar surface area (TPSA) is 156 Å². The SMILES string of the molecule is CC(c1ccncc1C(=O)N1CCN(c2ccccc2)CC1)C1(C(C)c2ccncc2C(=O)N2CCN(c3ccccc3)CC2)NC(=O)N(c2ccc(S(=O)(=O)C(F)(F)F)cc2)C1=O. The summed E-state index contributed by atoms with van der Waals surface area (Å²) in [5.41, 5.74) is -4.54. The number of imide groups is 1. The number of alkyl halides is 3. The summed E-state index contributed by atoms with van der Waals surface area (Å²) >= 11 is 0. The van der Waals surface area contributed by atoms with Crippen LogP contribution in [-0.4, -0.2) is 115 Å². The van der Waals surface area contributed by atoms with Gasteiger partial charge in [0.25, 0.3) is 27.6 Å². The minimum absolute atomic E-state index is 0.194. The van der Waals surface area contributed by atoms with Gasteiger partial charge in [-0.3, -0.25) is 24.4 Å². The van der Waals surface area contributed by atoms with Crippen LogP contribution in [0.4, 0.5) is 35.0 Å². The number of halogens is 3. The molecule has 18 heteroatoms. The second-order valence-corrected chi connectivity index (χ2v) is 17.9. The summed E-state index contributed by atoms with van der Waals surface area (Å²) < 4.78 is 64.8. The fraction of sp³-hybridized carbons (Fsp3) is 0.304. The van der Waals surface area contributed by atoms with Gasteiger partial charge in [-0.2, -0.15) is 13.2 Å². The first-order valence-electron chi connectivity index (χ1n) is 20.8. The van der Waals surface area contributed by atoms with E-state index in [0.29, 0.717) is 75.6 Å². The smallest absolute Gasteiger partial charge is 0.368 e. The Bertz CT molecular complexity index is 2540. The number of sulfone groups is 1. The van der Waals surface area contributed by atoms with Gasteiger partial charge in [0, 0.05) is 100 Å². The van der Waals surface area contributed by atoms with Crippen molar-refractivity contribution >= 4 is 50.7 Å². The zero-order valence-corrected chi connectivity index (χ0v) is 35.8. The van der Waals surface area contributed by atoms with E-state index in [9.17, 15) is 36.0 Å². The predicted octanol–water partition coefficient (Wildman–Crippen LogP) is 6.10. The molecule has 0 aliphatic carbocycles. The number of nitrogens with zero attached hydrogens (tertiary/aromatic N) is 7. The second kappa shape index (κ2) is 17.4. The number of pyridine rings is 2. The van der Waals surface area contributed by atoms with Crippen molar-refractivity contribution in [3.05, 3.63) is 144 Å². The molecular formula is C46H45F3N8O6S. The van der Waals surface area contributed by atoms with Gasteiger partial charge >= 0.3 is 11.5 Å². The minimum atomic E-state index is -5.74. The first-order valence-corrected chi connectivity index (χ1v) is 22.3. The van der Waals surface area contributed by atoms with Crippen molar-refractivity contribution in [2.75, 3.05) is 67.1 Å². The van der Waals surface area contributed by atoms with Crippen molar-refractivity contribution in [1.29, 1.82) is 0 Å². The third-order valence-corrected chi connectivity index (χ3v) is 14.1. The van der Waals surface area contributed by atoms with Crippen molar-refractivity contribution in [1.82, 2.24) is 25.1 Å². The number of carbonyl (C=O) groups excluding carboxylic acids is 4. The molecule has 0 spiro atoms. The van der Waals surface area contributed by atoms with Gasteiger partial charge in [-0.15, -0.1) is 0 Å². The maximum absolute atomic E-state index is 15.3. The largest absolute Gasteiger partial charge is 0.501 e. The summed E-state index contributed by atoms with van der Waals surface area (Å²) in [4.78, 5) is 74.5. The van der Waals surface area contributed by atoms with E-state index < -0.39 is 49.6 Å². The Morgan fingerprint density at radius 1 is 0.625 bits per heavy atom. The molecule has 2 atom stereocenters. The molecule has 332 valence electrons. The molecule has 0 bridgehead atoms. The quantitative estimate of drug-likeness (QED) is 0.163. The number of benzene rings is 3. The molecule has 0 saturated carbocycles. The molecule has 5 amide bonds. The van der Waals surface area contributed by atoms with Gasteiger partial charge in [-0.05, 0) is 71.8 Å². The average Bonchev–Trinajstić information content (AvgIpc) is 3.60. The highest BCUT2D eigenvalue weighted by molar-refractivity contribution is 7.92. The van der Waals surface area contributed by atoms with Crippen LogP contribution in [0.25, 0.3) is 0 Å². The number of amides is 5. The standard InChI is InChI=1S/C46H45F3N8O6S/c1-31(37-17-19-50-29-39(37)41(58)55-25-21-53(22-26-55)33-9-5-3-6-10-33)45(43(60)57(44(61)52-45)35-13-15-36(16-14-35)64(62,63)46(47,48)49)32(2)38-18-20-51-30-40(38)42(59)56-27-23-54(24-28-56)34-11-7-4-8-12-34/h3-20,29-32H,21-28H2,1-2H3,(H,52,61). The molecule has 8 rings (SSSR count). The molecule has 5 aromatic rings. The highest BCUT2D eigenvalue weighted by Gasteiger charge is 2.60. The van der Waals surface area contributed by atoms with E-state index in [1.54, 1.807) is 35.8 Å². The van der Waals surface area contributed by atoms with Crippen molar-refractivity contribution in [2.45, 2.75) is 41.6 Å². The van der Waals surface area contributed by atoms with Gasteiger partial charge in [0.15, 0.2) is 0 Å². The lowest BCUT2D eigenvalue weighted by Gasteiger charge is -2.41. The summed E-state index contributed by atoms with van der Waals surface area (Å²) in [6.45, 7) is 7.19. The normalized spacial score (nSPS) is 19.4. The Labute approximate surface area is 368 Å². The van der Waals surface area contributed by atoms with E-state index in [-0.39, 0.29) is 28.6 Å². The van der Waals surface area contributed by atoms with Crippen LogP contribution in [0.2, 0.25) is 0 Å². The number of piperazine rings is 2. The Kier molecular flexibility index (Phi) is 11.9. The maximum atomic E-state index is 15.3. The summed E-state index contributed by atoms with van der Waals surface area (Å²) in [5.74, 6) is -3.54. The summed E-state index contributed by atoms with van der Waals surface area (Å²) in [6, 6.07) is 25.2. The lowest BCUT2D eigenvalue weighted by Crippen LogP contribution is -2.56. The zero-order valence-electron chi connectivity index (χ0n) is 35.0. The van der Waals surface area contributed by atoms with E-state index in [4.69, 9.17) is 0 Å². The van der Waals surface area contributed by atoms with Gasteiger partial charge < -0.3 is 24.9 Å². The van der Waals surface area contributed by atoms with Gasteiger partial charge in [0.05, 0.1) is 21.7 Å². The summed E-state index contributed by atoms with van der Waals surface area (Å²) in [5, 5.41) is 2.91. The van der Waals surface area contributed by atoms with Crippen LogP contribution in [0.1, 0.15) is 57.5 Å². The van der Waals surface area contributed by atoms with Crippen LogP contribution >= 0.6 is 0 Å². The molecule has 0 radical (unpaired) electrons. The van der Waals surface area contributed by atoms with Crippen molar-refractivity contribution in [2.24, 2.45) is 0 Å². The molecule has 3 aromatic carbocycles. The zero-order chi connectivity index (χ0) is 45.4. The molecular weight excluding hydrogens is 850 g/mol. The van der Waals surface area contributed by atoms with Crippen LogP contribution < -0.4 is 20.0 Å². The highest BCUT2D eigenvalue weighted by Crippen LogP contribution is 2.47. The maximum Gasteiger partial charge on any atom is 0.501 e. The fourth-order valence-corrected chi connectivity index (χ4v) is 9.80. The number of nitrogens with one attached hydrogen (secondary N) is 1. The Morgan fingerprint density at radius 2 is 1.05 bits per heavy atom. The van der Waals surface area contributed by atoms with E-state index >= 15 is 4.79 Å². The number of aromatic nitrogens is 2. The first kappa shape index (κ1) is 43.8.